The van der Waals surface area contributed by atoms with Crippen LogP contribution < -0.4 is 15.4 Å². The van der Waals surface area contributed by atoms with E-state index in [0.29, 0.717) is 17.2 Å². The van der Waals surface area contributed by atoms with Gasteiger partial charge in [0.2, 0.25) is 0 Å². The van der Waals surface area contributed by atoms with E-state index < -0.39 is 0 Å². The van der Waals surface area contributed by atoms with E-state index in [4.69, 9.17) is 17.0 Å². The van der Waals surface area contributed by atoms with Gasteiger partial charge < -0.3 is 15.4 Å². The number of ether oxygens (including phenoxy) is 1. The molecule has 0 saturated carbocycles. The van der Waals surface area contributed by atoms with Crippen LogP contribution in [-0.4, -0.2) is 22.0 Å². The highest BCUT2D eigenvalue weighted by atomic mass is 32.1. The number of hydrogen-bond acceptors (Lipinski definition) is 3. The van der Waals surface area contributed by atoms with Crippen LogP contribution in [0.15, 0.2) is 60.9 Å². The molecule has 0 saturated heterocycles. The summed E-state index contributed by atoms with van der Waals surface area (Å²) in [4.78, 5) is 0. The summed E-state index contributed by atoms with van der Waals surface area (Å²) in [6.07, 6.45) is 3.41. The Morgan fingerprint density at radius 3 is 2.56 bits per heavy atom. The minimum atomic E-state index is -0.246. The molecule has 0 aliphatic carbocycles. The number of anilines is 2. The summed E-state index contributed by atoms with van der Waals surface area (Å²) in [5, 5.41) is 10.8. The van der Waals surface area contributed by atoms with Crippen molar-refractivity contribution in [1.82, 2.24) is 9.78 Å². The van der Waals surface area contributed by atoms with E-state index in [1.807, 2.05) is 24.3 Å². The third kappa shape index (κ3) is 4.54. The molecule has 2 aromatic carbocycles. The van der Waals surface area contributed by atoms with E-state index in [1.165, 1.54) is 6.07 Å². The second-order valence-corrected chi connectivity index (χ2v) is 5.73. The first kappa shape index (κ1) is 16.9. The molecule has 128 valence electrons. The molecule has 1 heterocycles. The standard InChI is InChI=1S/C18H17FN4OS/c1-24-16-8-6-14(7-9-16)21-18(25)22-15-10-20-23(12-15)11-13-4-2-3-5-17(13)19/h2-10,12H,11H2,1H3,(H2,21,22,25). The fourth-order valence-corrected chi connectivity index (χ4v) is 2.52. The van der Waals surface area contributed by atoms with Crippen molar-refractivity contribution < 1.29 is 9.13 Å². The summed E-state index contributed by atoms with van der Waals surface area (Å²) < 4.78 is 20.5. The van der Waals surface area contributed by atoms with Crippen molar-refractivity contribution in [3.63, 3.8) is 0 Å². The van der Waals surface area contributed by atoms with E-state index in [9.17, 15) is 4.39 Å². The highest BCUT2D eigenvalue weighted by Crippen LogP contribution is 2.16. The van der Waals surface area contributed by atoms with E-state index in [0.717, 1.165) is 17.1 Å². The molecular weight excluding hydrogens is 339 g/mol. The van der Waals surface area contributed by atoms with E-state index >= 15 is 0 Å². The molecule has 0 aliphatic rings. The van der Waals surface area contributed by atoms with Gasteiger partial charge in [0.05, 0.1) is 25.5 Å². The highest BCUT2D eigenvalue weighted by molar-refractivity contribution is 7.80. The number of methoxy groups -OCH3 is 1. The second kappa shape index (κ2) is 7.76. The fourth-order valence-electron chi connectivity index (χ4n) is 2.28. The quantitative estimate of drug-likeness (QED) is 0.680. The molecule has 3 aromatic rings. The number of hydrogen-bond donors (Lipinski definition) is 2. The van der Waals surface area contributed by atoms with Gasteiger partial charge in [-0.3, -0.25) is 4.68 Å². The SMILES string of the molecule is COc1ccc(NC(=S)Nc2cnn(Cc3ccccc3F)c2)cc1. The Morgan fingerprint density at radius 1 is 1.12 bits per heavy atom. The van der Waals surface area contributed by atoms with Gasteiger partial charge in [-0.25, -0.2) is 4.39 Å². The van der Waals surface area contributed by atoms with Gasteiger partial charge in [0.15, 0.2) is 5.11 Å². The lowest BCUT2D eigenvalue weighted by molar-refractivity contribution is 0.415. The largest absolute Gasteiger partial charge is 0.497 e. The van der Waals surface area contributed by atoms with Crippen LogP contribution in [0.3, 0.4) is 0 Å². The van der Waals surface area contributed by atoms with Crippen LogP contribution in [0.2, 0.25) is 0 Å². The van der Waals surface area contributed by atoms with Crippen molar-refractivity contribution in [3.05, 3.63) is 72.3 Å². The van der Waals surface area contributed by atoms with Crippen LogP contribution in [-0.2, 0) is 6.54 Å². The fraction of sp³-hybridized carbons (Fsp3) is 0.111. The molecule has 0 bridgehead atoms. The van der Waals surface area contributed by atoms with Crippen molar-refractivity contribution in [1.29, 1.82) is 0 Å². The molecule has 25 heavy (non-hydrogen) atoms. The van der Waals surface area contributed by atoms with Crippen LogP contribution in [0, 0.1) is 5.82 Å². The van der Waals surface area contributed by atoms with Crippen molar-refractivity contribution in [2.75, 3.05) is 17.7 Å². The molecule has 2 N–H and O–H groups in total. The molecule has 0 amide bonds. The van der Waals surface area contributed by atoms with Crippen LogP contribution >= 0.6 is 12.2 Å². The minimum absolute atomic E-state index is 0.246. The summed E-state index contributed by atoms with van der Waals surface area (Å²) in [6.45, 7) is 0.354. The Balaban J connectivity index is 1.58. The van der Waals surface area contributed by atoms with Crippen LogP contribution in [0.4, 0.5) is 15.8 Å². The Labute approximate surface area is 150 Å². The summed E-state index contributed by atoms with van der Waals surface area (Å²) in [7, 11) is 1.62. The number of rotatable bonds is 5. The maximum atomic E-state index is 13.7. The van der Waals surface area contributed by atoms with Crippen molar-refractivity contribution in [3.8, 4) is 5.75 Å². The molecule has 1 aromatic heterocycles. The highest BCUT2D eigenvalue weighted by Gasteiger charge is 2.05. The smallest absolute Gasteiger partial charge is 0.175 e. The van der Waals surface area contributed by atoms with Crippen molar-refractivity contribution in [2.45, 2.75) is 6.54 Å². The number of thiocarbonyl (C=S) groups is 1. The molecule has 0 fully saturated rings. The molecule has 0 atom stereocenters. The lowest BCUT2D eigenvalue weighted by Crippen LogP contribution is -2.18. The third-order valence-corrected chi connectivity index (χ3v) is 3.73. The van der Waals surface area contributed by atoms with Crippen LogP contribution in [0.1, 0.15) is 5.56 Å². The second-order valence-electron chi connectivity index (χ2n) is 5.33. The molecule has 3 rings (SSSR count). The van der Waals surface area contributed by atoms with Gasteiger partial charge in [-0.1, -0.05) is 18.2 Å². The molecule has 0 spiro atoms. The molecular formula is C18H17FN4OS. The van der Waals surface area contributed by atoms with Gasteiger partial charge in [-0.15, -0.1) is 0 Å². The first-order valence-electron chi connectivity index (χ1n) is 7.62. The first-order valence-corrected chi connectivity index (χ1v) is 8.03. The maximum Gasteiger partial charge on any atom is 0.175 e. The zero-order valence-corrected chi connectivity index (χ0v) is 14.4. The number of halogens is 1. The average Bonchev–Trinajstić information content (AvgIpc) is 3.04. The third-order valence-electron chi connectivity index (χ3n) is 3.53. The summed E-state index contributed by atoms with van der Waals surface area (Å²) in [6, 6.07) is 14.1. The first-order chi connectivity index (χ1) is 12.1. The summed E-state index contributed by atoms with van der Waals surface area (Å²) >= 11 is 5.29. The Kier molecular flexibility index (Phi) is 5.25. The van der Waals surface area contributed by atoms with Gasteiger partial charge >= 0.3 is 0 Å². The molecule has 0 aliphatic heterocycles. The van der Waals surface area contributed by atoms with Gasteiger partial charge in [0.25, 0.3) is 0 Å². The number of nitrogens with zero attached hydrogens (tertiary/aromatic N) is 2. The monoisotopic (exact) mass is 356 g/mol. The number of benzene rings is 2. The molecule has 0 radical (unpaired) electrons. The van der Waals surface area contributed by atoms with Crippen LogP contribution in [0.25, 0.3) is 0 Å². The van der Waals surface area contributed by atoms with Gasteiger partial charge in [-0.2, -0.15) is 5.10 Å². The molecule has 0 unspecified atom stereocenters. The van der Waals surface area contributed by atoms with Gasteiger partial charge in [0.1, 0.15) is 11.6 Å². The molecule has 7 heteroatoms. The predicted molar refractivity (Wildman–Crippen MR) is 101 cm³/mol. The Morgan fingerprint density at radius 2 is 1.84 bits per heavy atom. The number of aromatic nitrogens is 2. The van der Waals surface area contributed by atoms with Gasteiger partial charge in [0, 0.05) is 17.4 Å². The predicted octanol–water partition coefficient (Wildman–Crippen LogP) is 3.89. The minimum Gasteiger partial charge on any atom is -0.497 e. The normalized spacial score (nSPS) is 10.3. The van der Waals surface area contributed by atoms with E-state index in [2.05, 4.69) is 15.7 Å². The number of nitrogens with one attached hydrogen (secondary N) is 2. The Bertz CT molecular complexity index is 864. The Hall–Kier alpha value is -2.93. The van der Waals surface area contributed by atoms with Crippen molar-refractivity contribution in [2.24, 2.45) is 0 Å². The average molecular weight is 356 g/mol. The lowest BCUT2D eigenvalue weighted by Gasteiger charge is -2.09. The summed E-state index contributed by atoms with van der Waals surface area (Å²) in [5.74, 6) is 0.531. The van der Waals surface area contributed by atoms with Crippen molar-refractivity contribution >= 4 is 28.7 Å². The van der Waals surface area contributed by atoms with E-state index in [1.54, 1.807) is 42.4 Å². The lowest BCUT2D eigenvalue weighted by atomic mass is 10.2. The maximum absolute atomic E-state index is 13.7. The topological polar surface area (TPSA) is 51.1 Å². The zero-order valence-electron chi connectivity index (χ0n) is 13.6. The van der Waals surface area contributed by atoms with Crippen LogP contribution in [0.5, 0.6) is 5.75 Å². The molecule has 5 nitrogen and oxygen atoms in total. The zero-order chi connectivity index (χ0) is 17.6. The van der Waals surface area contributed by atoms with E-state index in [-0.39, 0.29) is 5.82 Å². The van der Waals surface area contributed by atoms with Gasteiger partial charge in [-0.05, 0) is 42.5 Å². The summed E-state index contributed by atoms with van der Waals surface area (Å²) in [5.41, 5.74) is 2.15.